The van der Waals surface area contributed by atoms with E-state index in [9.17, 15) is 4.79 Å². The third-order valence-corrected chi connectivity index (χ3v) is 4.79. The van der Waals surface area contributed by atoms with Crippen LogP contribution in [0.5, 0.6) is 0 Å². The highest BCUT2D eigenvalue weighted by Crippen LogP contribution is 2.21. The van der Waals surface area contributed by atoms with E-state index in [-0.39, 0.29) is 5.91 Å². The Balaban J connectivity index is 1.55. The van der Waals surface area contributed by atoms with Crippen molar-refractivity contribution < 1.29 is 4.79 Å². The van der Waals surface area contributed by atoms with Gasteiger partial charge in [0.15, 0.2) is 0 Å². The zero-order valence-corrected chi connectivity index (χ0v) is 16.2. The van der Waals surface area contributed by atoms with Crippen LogP contribution in [-0.2, 0) is 0 Å². The number of aromatic nitrogens is 1. The van der Waals surface area contributed by atoms with E-state index in [1.54, 1.807) is 12.4 Å². The Kier molecular flexibility index (Phi) is 6.47. The quantitative estimate of drug-likeness (QED) is 0.710. The predicted octanol–water partition coefficient (Wildman–Crippen LogP) is 4.51. The Morgan fingerprint density at radius 3 is 2.63 bits per heavy atom. The molecular formula is C22H28N4O. The zero-order chi connectivity index (χ0) is 19.1. The maximum Gasteiger partial charge on any atom is 0.252 e. The number of amides is 1. The smallest absolute Gasteiger partial charge is 0.252 e. The molecule has 0 bridgehead atoms. The molecule has 3 rings (SSSR count). The van der Waals surface area contributed by atoms with Crippen LogP contribution in [-0.4, -0.2) is 31.5 Å². The summed E-state index contributed by atoms with van der Waals surface area (Å²) < 4.78 is 0. The Labute approximate surface area is 161 Å². The fraction of sp³-hybridized carbons (Fsp3) is 0.364. The number of nitrogens with one attached hydrogen (secondary N) is 2. The molecule has 0 aliphatic heterocycles. The van der Waals surface area contributed by atoms with E-state index in [0.717, 1.165) is 23.5 Å². The van der Waals surface area contributed by atoms with E-state index < -0.39 is 0 Å². The van der Waals surface area contributed by atoms with Crippen LogP contribution in [0.4, 0.5) is 17.1 Å². The van der Waals surface area contributed by atoms with Crippen LogP contribution in [0.3, 0.4) is 0 Å². The summed E-state index contributed by atoms with van der Waals surface area (Å²) in [6.45, 7) is 0.675. The predicted molar refractivity (Wildman–Crippen MR) is 112 cm³/mol. The van der Waals surface area contributed by atoms with Crippen molar-refractivity contribution in [1.29, 1.82) is 0 Å². The maximum atomic E-state index is 12.4. The summed E-state index contributed by atoms with van der Waals surface area (Å²) in [5.74, 6) is -0.0782. The lowest BCUT2D eigenvalue weighted by atomic mass is 9.97. The lowest BCUT2D eigenvalue weighted by Gasteiger charge is -2.14. The minimum atomic E-state index is -0.0782. The van der Waals surface area contributed by atoms with E-state index in [1.807, 2.05) is 44.4 Å². The summed E-state index contributed by atoms with van der Waals surface area (Å²) in [4.78, 5) is 18.7. The first-order valence-corrected chi connectivity index (χ1v) is 9.57. The highest BCUT2D eigenvalue weighted by molar-refractivity contribution is 5.94. The van der Waals surface area contributed by atoms with E-state index in [4.69, 9.17) is 0 Å². The van der Waals surface area contributed by atoms with Crippen molar-refractivity contribution in [3.8, 4) is 0 Å². The second-order valence-electron chi connectivity index (χ2n) is 7.14. The lowest BCUT2D eigenvalue weighted by Crippen LogP contribution is -2.25. The van der Waals surface area contributed by atoms with E-state index in [0.29, 0.717) is 12.1 Å². The Hall–Kier alpha value is -2.82. The van der Waals surface area contributed by atoms with Gasteiger partial charge in [-0.25, -0.2) is 0 Å². The van der Waals surface area contributed by atoms with Gasteiger partial charge in [-0.2, -0.15) is 0 Å². The van der Waals surface area contributed by atoms with Crippen LogP contribution in [0.2, 0.25) is 0 Å². The monoisotopic (exact) mass is 364 g/mol. The number of hydrogen-bond acceptors (Lipinski definition) is 4. The van der Waals surface area contributed by atoms with Crippen molar-refractivity contribution in [3.05, 3.63) is 59.9 Å². The maximum absolute atomic E-state index is 12.4. The fourth-order valence-corrected chi connectivity index (χ4v) is 3.21. The number of rotatable bonds is 7. The fourth-order valence-electron chi connectivity index (χ4n) is 3.21. The summed E-state index contributed by atoms with van der Waals surface area (Å²) in [7, 11) is 4.03. The average Bonchev–Trinajstić information content (AvgIpc) is 2.69. The van der Waals surface area contributed by atoms with E-state index >= 15 is 0 Å². The SMILES string of the molecule is CN(C)c1ccc(Nc2cncc(C(=O)NCCC3=CCCCC3)c2)cc1. The van der Waals surface area contributed by atoms with Crippen LogP contribution in [0.15, 0.2) is 54.4 Å². The van der Waals surface area contributed by atoms with E-state index in [1.165, 1.54) is 31.3 Å². The molecule has 0 saturated carbocycles. The highest BCUT2D eigenvalue weighted by atomic mass is 16.1. The van der Waals surface area contributed by atoms with Gasteiger partial charge >= 0.3 is 0 Å². The summed E-state index contributed by atoms with van der Waals surface area (Å²) in [6.07, 6.45) is 11.5. The standard InChI is InChI=1S/C22H28N4O/c1-26(2)21-10-8-19(9-11-21)25-20-14-18(15-23-16-20)22(27)24-13-12-17-6-4-3-5-7-17/h6,8-11,14-16,25H,3-5,7,12-13H2,1-2H3,(H,24,27). The number of carbonyl (C=O) groups excluding carboxylic acids is 1. The summed E-state index contributed by atoms with van der Waals surface area (Å²) in [5.41, 5.74) is 4.94. The third-order valence-electron chi connectivity index (χ3n) is 4.79. The number of anilines is 3. The van der Waals surface area contributed by atoms with Crippen molar-refractivity contribution in [2.75, 3.05) is 30.9 Å². The van der Waals surface area contributed by atoms with Crippen LogP contribution in [0, 0.1) is 0 Å². The molecule has 1 aromatic carbocycles. The largest absolute Gasteiger partial charge is 0.378 e. The van der Waals surface area contributed by atoms with Crippen molar-refractivity contribution in [3.63, 3.8) is 0 Å². The van der Waals surface area contributed by atoms with Crippen molar-refractivity contribution in [1.82, 2.24) is 10.3 Å². The average molecular weight is 364 g/mol. The lowest BCUT2D eigenvalue weighted by molar-refractivity contribution is 0.0953. The molecule has 1 aromatic heterocycles. The van der Waals surface area contributed by atoms with Gasteiger partial charge in [0.2, 0.25) is 0 Å². The molecule has 0 radical (unpaired) electrons. The molecule has 0 atom stereocenters. The first kappa shape index (κ1) is 19.0. The minimum Gasteiger partial charge on any atom is -0.378 e. The minimum absolute atomic E-state index is 0.0782. The molecule has 0 saturated heterocycles. The number of benzene rings is 1. The number of pyridine rings is 1. The van der Waals surface area contributed by atoms with Crippen molar-refractivity contribution in [2.45, 2.75) is 32.1 Å². The molecule has 1 amide bonds. The van der Waals surface area contributed by atoms with Gasteiger partial charge in [0.1, 0.15) is 0 Å². The number of allylic oxidation sites excluding steroid dienone is 1. The van der Waals surface area contributed by atoms with Crippen LogP contribution in [0.1, 0.15) is 42.5 Å². The van der Waals surface area contributed by atoms with Gasteiger partial charge in [-0.05, 0) is 62.4 Å². The van der Waals surface area contributed by atoms with Gasteiger partial charge in [0.05, 0.1) is 17.4 Å². The van der Waals surface area contributed by atoms with Crippen LogP contribution >= 0.6 is 0 Å². The molecule has 5 heteroatoms. The Bertz CT molecular complexity index is 796. The molecule has 5 nitrogen and oxygen atoms in total. The number of nitrogens with zero attached hydrogens (tertiary/aromatic N) is 2. The second-order valence-corrected chi connectivity index (χ2v) is 7.14. The van der Waals surface area contributed by atoms with Gasteiger partial charge in [-0.1, -0.05) is 11.6 Å². The Morgan fingerprint density at radius 2 is 1.93 bits per heavy atom. The molecule has 0 spiro atoms. The van der Waals surface area contributed by atoms with Gasteiger partial charge in [-0.15, -0.1) is 0 Å². The molecule has 0 unspecified atom stereocenters. The van der Waals surface area contributed by atoms with Crippen molar-refractivity contribution >= 4 is 23.0 Å². The van der Waals surface area contributed by atoms with Gasteiger partial charge in [0.25, 0.3) is 5.91 Å². The molecular weight excluding hydrogens is 336 g/mol. The molecule has 0 fully saturated rings. The first-order valence-electron chi connectivity index (χ1n) is 9.57. The Morgan fingerprint density at radius 1 is 1.11 bits per heavy atom. The normalized spacial score (nSPS) is 13.6. The molecule has 1 aliphatic rings. The van der Waals surface area contributed by atoms with Crippen LogP contribution < -0.4 is 15.5 Å². The molecule has 1 aliphatic carbocycles. The number of hydrogen-bond donors (Lipinski definition) is 2. The summed E-state index contributed by atoms with van der Waals surface area (Å²) in [6, 6.07) is 9.96. The molecule has 2 aromatic rings. The van der Waals surface area contributed by atoms with Gasteiger partial charge < -0.3 is 15.5 Å². The van der Waals surface area contributed by atoms with Gasteiger partial charge in [-0.3, -0.25) is 9.78 Å². The number of carbonyl (C=O) groups is 1. The van der Waals surface area contributed by atoms with Gasteiger partial charge in [0, 0.05) is 38.2 Å². The van der Waals surface area contributed by atoms with E-state index in [2.05, 4.69) is 26.6 Å². The molecule has 1 heterocycles. The molecule has 2 N–H and O–H groups in total. The summed E-state index contributed by atoms with van der Waals surface area (Å²) in [5, 5.41) is 6.31. The summed E-state index contributed by atoms with van der Waals surface area (Å²) >= 11 is 0. The molecule has 142 valence electrons. The molecule has 27 heavy (non-hydrogen) atoms. The second kappa shape index (κ2) is 9.21. The zero-order valence-electron chi connectivity index (χ0n) is 16.2. The third kappa shape index (κ3) is 5.58. The van der Waals surface area contributed by atoms with Crippen molar-refractivity contribution in [2.24, 2.45) is 0 Å². The first-order chi connectivity index (χ1) is 13.1. The topological polar surface area (TPSA) is 57.3 Å². The highest BCUT2D eigenvalue weighted by Gasteiger charge is 2.08. The van der Waals surface area contributed by atoms with Crippen LogP contribution in [0.25, 0.3) is 0 Å².